The fraction of sp³-hybridized carbons (Fsp3) is 0.500. The first-order valence-corrected chi connectivity index (χ1v) is 11.8. The van der Waals surface area contributed by atoms with Crippen LogP contribution in [0.1, 0.15) is 12.8 Å². The number of methoxy groups -OCH3 is 1. The van der Waals surface area contributed by atoms with Crippen LogP contribution in [0.4, 0.5) is 0 Å². The number of ether oxygens (including phenoxy) is 3. The molecule has 2 aromatic carbocycles. The smallest absolute Gasteiger partial charge is 0.123 e. The largest absolute Gasteiger partial charge is 0.497 e. The van der Waals surface area contributed by atoms with E-state index in [0.717, 1.165) is 31.7 Å². The van der Waals surface area contributed by atoms with E-state index in [2.05, 4.69) is 10.2 Å². The molecule has 0 radical (unpaired) electrons. The number of aliphatic hydroxyl groups excluding tert-OH is 2. The standard InChI is InChI=1S/C24H32Cl2N2O5/c1-31-22-3-2-4-23(12-22)32-15-20(29)13-27-19-5-7-28(8-6-19)14-21(30)16-33-24-10-17(25)9-18(26)11-24/h2-4,9-12,19-21,27,29-30H,5-8,13-16H2,1H3/t20-,21-/m0/s1. The molecule has 0 saturated carbocycles. The van der Waals surface area contributed by atoms with Gasteiger partial charge in [0, 0.05) is 35.2 Å². The van der Waals surface area contributed by atoms with Gasteiger partial charge in [-0.05, 0) is 56.3 Å². The lowest BCUT2D eigenvalue weighted by Crippen LogP contribution is -2.47. The third kappa shape index (κ3) is 9.20. The summed E-state index contributed by atoms with van der Waals surface area (Å²) in [6.07, 6.45) is 0.679. The molecule has 1 fully saturated rings. The molecular weight excluding hydrogens is 467 g/mol. The van der Waals surface area contributed by atoms with Gasteiger partial charge in [-0.3, -0.25) is 0 Å². The SMILES string of the molecule is COc1cccc(OC[C@@H](O)CNC2CCN(C[C@H](O)COc3cc(Cl)cc(Cl)c3)CC2)c1. The number of β-amino-alcohol motifs (C(OH)–C–C–N with tert-alkyl or cyclic N) is 1. The van der Waals surface area contributed by atoms with E-state index in [9.17, 15) is 10.2 Å². The van der Waals surface area contributed by atoms with E-state index < -0.39 is 12.2 Å². The summed E-state index contributed by atoms with van der Waals surface area (Å²) < 4.78 is 16.4. The van der Waals surface area contributed by atoms with Gasteiger partial charge in [-0.1, -0.05) is 29.3 Å². The van der Waals surface area contributed by atoms with Crippen molar-refractivity contribution in [2.24, 2.45) is 0 Å². The van der Waals surface area contributed by atoms with Gasteiger partial charge in [0.05, 0.1) is 7.11 Å². The molecule has 33 heavy (non-hydrogen) atoms. The number of rotatable bonds is 12. The van der Waals surface area contributed by atoms with E-state index in [4.69, 9.17) is 37.4 Å². The predicted molar refractivity (Wildman–Crippen MR) is 130 cm³/mol. The number of hydrogen-bond acceptors (Lipinski definition) is 7. The van der Waals surface area contributed by atoms with Crippen molar-refractivity contribution < 1.29 is 24.4 Å². The molecule has 0 aromatic heterocycles. The van der Waals surface area contributed by atoms with Crippen LogP contribution < -0.4 is 19.5 Å². The summed E-state index contributed by atoms with van der Waals surface area (Å²) in [6.45, 7) is 3.13. The number of benzene rings is 2. The zero-order valence-electron chi connectivity index (χ0n) is 18.8. The zero-order valence-corrected chi connectivity index (χ0v) is 20.3. The lowest BCUT2D eigenvalue weighted by molar-refractivity contribution is 0.0556. The molecule has 3 N–H and O–H groups in total. The monoisotopic (exact) mass is 498 g/mol. The molecule has 2 atom stereocenters. The van der Waals surface area contributed by atoms with Crippen molar-refractivity contribution >= 4 is 23.2 Å². The molecule has 9 heteroatoms. The molecule has 0 unspecified atom stereocenters. The van der Waals surface area contributed by atoms with Crippen LogP contribution in [-0.4, -0.2) is 79.9 Å². The molecule has 7 nitrogen and oxygen atoms in total. The van der Waals surface area contributed by atoms with Crippen molar-refractivity contribution in [3.05, 3.63) is 52.5 Å². The maximum Gasteiger partial charge on any atom is 0.123 e. The summed E-state index contributed by atoms with van der Waals surface area (Å²) in [5.74, 6) is 1.93. The van der Waals surface area contributed by atoms with Crippen LogP contribution in [0.5, 0.6) is 17.2 Å². The average molecular weight is 499 g/mol. The van der Waals surface area contributed by atoms with Crippen molar-refractivity contribution in [1.29, 1.82) is 0 Å². The second-order valence-electron chi connectivity index (χ2n) is 8.20. The molecular formula is C24H32Cl2N2O5. The lowest BCUT2D eigenvalue weighted by Gasteiger charge is -2.33. The molecule has 1 aliphatic rings. The van der Waals surface area contributed by atoms with Crippen molar-refractivity contribution in [1.82, 2.24) is 10.2 Å². The molecule has 182 valence electrons. The van der Waals surface area contributed by atoms with Crippen LogP contribution in [0.15, 0.2) is 42.5 Å². The second kappa shape index (κ2) is 13.2. The Morgan fingerprint density at radius 2 is 1.58 bits per heavy atom. The van der Waals surface area contributed by atoms with Gasteiger partial charge in [0.2, 0.25) is 0 Å². The molecule has 0 bridgehead atoms. The fourth-order valence-corrected chi connectivity index (χ4v) is 4.23. The number of aliphatic hydroxyl groups is 2. The minimum Gasteiger partial charge on any atom is -0.497 e. The first-order chi connectivity index (χ1) is 15.9. The Morgan fingerprint density at radius 3 is 2.27 bits per heavy atom. The Hall–Kier alpha value is -1.74. The quantitative estimate of drug-likeness (QED) is 0.414. The van der Waals surface area contributed by atoms with E-state index in [1.165, 1.54) is 0 Å². The highest BCUT2D eigenvalue weighted by atomic mass is 35.5. The van der Waals surface area contributed by atoms with Gasteiger partial charge < -0.3 is 34.6 Å². The molecule has 1 aliphatic heterocycles. The number of hydrogen-bond donors (Lipinski definition) is 3. The molecule has 0 spiro atoms. The van der Waals surface area contributed by atoms with Crippen LogP contribution in [0.2, 0.25) is 10.0 Å². The first kappa shape index (κ1) is 25.9. The normalized spacial score (nSPS) is 16.9. The number of nitrogens with one attached hydrogen (secondary N) is 1. The first-order valence-electron chi connectivity index (χ1n) is 11.1. The lowest BCUT2D eigenvalue weighted by atomic mass is 10.0. The third-order valence-electron chi connectivity index (χ3n) is 5.46. The van der Waals surface area contributed by atoms with Crippen LogP contribution in [-0.2, 0) is 0 Å². The van der Waals surface area contributed by atoms with E-state index >= 15 is 0 Å². The van der Waals surface area contributed by atoms with Crippen molar-refractivity contribution in [3.63, 3.8) is 0 Å². The van der Waals surface area contributed by atoms with Gasteiger partial charge in [0.15, 0.2) is 0 Å². The Bertz CT molecular complexity index is 844. The maximum atomic E-state index is 10.3. The summed E-state index contributed by atoms with van der Waals surface area (Å²) in [5.41, 5.74) is 0. The van der Waals surface area contributed by atoms with Gasteiger partial charge in [0.1, 0.15) is 42.7 Å². The van der Waals surface area contributed by atoms with Crippen molar-refractivity contribution in [2.75, 3.05) is 46.5 Å². The summed E-state index contributed by atoms with van der Waals surface area (Å²) >= 11 is 11.9. The van der Waals surface area contributed by atoms with Crippen LogP contribution in [0.25, 0.3) is 0 Å². The summed E-state index contributed by atoms with van der Waals surface area (Å²) in [5, 5.41) is 25.0. The van der Waals surface area contributed by atoms with Crippen LogP contribution >= 0.6 is 23.2 Å². The third-order valence-corrected chi connectivity index (χ3v) is 5.90. The predicted octanol–water partition coefficient (Wildman–Crippen LogP) is 3.24. The van der Waals surface area contributed by atoms with E-state index in [1.54, 1.807) is 31.4 Å². The Balaban J connectivity index is 1.29. The van der Waals surface area contributed by atoms with Gasteiger partial charge >= 0.3 is 0 Å². The number of piperidine rings is 1. The average Bonchev–Trinajstić information content (AvgIpc) is 2.80. The topological polar surface area (TPSA) is 83.4 Å². The Labute approximate surface area is 205 Å². The molecule has 1 heterocycles. The minimum absolute atomic E-state index is 0.175. The van der Waals surface area contributed by atoms with E-state index in [1.807, 2.05) is 18.2 Å². The Morgan fingerprint density at radius 1 is 0.939 bits per heavy atom. The molecule has 1 saturated heterocycles. The van der Waals surface area contributed by atoms with Gasteiger partial charge in [-0.15, -0.1) is 0 Å². The highest BCUT2D eigenvalue weighted by Gasteiger charge is 2.21. The number of halogens is 2. The van der Waals surface area contributed by atoms with E-state index in [-0.39, 0.29) is 13.2 Å². The van der Waals surface area contributed by atoms with Crippen LogP contribution in [0.3, 0.4) is 0 Å². The summed E-state index contributed by atoms with van der Waals surface area (Å²) in [7, 11) is 1.61. The molecule has 0 amide bonds. The fourth-order valence-electron chi connectivity index (χ4n) is 3.72. The number of likely N-dealkylation sites (tertiary alicyclic amines) is 1. The van der Waals surface area contributed by atoms with Crippen molar-refractivity contribution in [3.8, 4) is 17.2 Å². The minimum atomic E-state index is -0.608. The Kier molecular flexibility index (Phi) is 10.4. The highest BCUT2D eigenvalue weighted by Crippen LogP contribution is 2.24. The second-order valence-corrected chi connectivity index (χ2v) is 9.07. The zero-order chi connectivity index (χ0) is 23.6. The highest BCUT2D eigenvalue weighted by molar-refractivity contribution is 6.34. The van der Waals surface area contributed by atoms with Gasteiger partial charge in [0.25, 0.3) is 0 Å². The molecule has 0 aliphatic carbocycles. The number of nitrogens with zero attached hydrogens (tertiary/aromatic N) is 1. The molecule has 3 rings (SSSR count). The summed E-state index contributed by atoms with van der Waals surface area (Å²) in [4.78, 5) is 2.22. The summed E-state index contributed by atoms with van der Waals surface area (Å²) in [6, 6.07) is 12.6. The maximum absolute atomic E-state index is 10.3. The van der Waals surface area contributed by atoms with Crippen LogP contribution in [0, 0.1) is 0 Å². The van der Waals surface area contributed by atoms with E-state index in [0.29, 0.717) is 40.7 Å². The van der Waals surface area contributed by atoms with Gasteiger partial charge in [-0.25, -0.2) is 0 Å². The molecule has 2 aromatic rings. The van der Waals surface area contributed by atoms with Crippen molar-refractivity contribution in [2.45, 2.75) is 31.1 Å². The van der Waals surface area contributed by atoms with Gasteiger partial charge in [-0.2, -0.15) is 0 Å².